The molecule has 1 atom stereocenters. The highest BCUT2D eigenvalue weighted by Crippen LogP contribution is 2.50. The average Bonchev–Trinajstić information content (AvgIpc) is 2.98. The number of carbonyl (C=O) groups excluding carboxylic acids is 1. The Morgan fingerprint density at radius 2 is 2.05 bits per heavy atom. The lowest BCUT2D eigenvalue weighted by molar-refractivity contribution is 0.0600. The lowest BCUT2D eigenvalue weighted by Gasteiger charge is -2.19. The van der Waals surface area contributed by atoms with Crippen molar-refractivity contribution in [2.75, 3.05) is 12.4 Å². The van der Waals surface area contributed by atoms with Crippen LogP contribution in [0.3, 0.4) is 0 Å². The zero-order chi connectivity index (χ0) is 15.9. The molecule has 1 aromatic rings. The first-order valence-corrected chi connectivity index (χ1v) is 7.55. The Morgan fingerprint density at radius 3 is 2.64 bits per heavy atom. The van der Waals surface area contributed by atoms with Crippen LogP contribution >= 0.6 is 0 Å². The number of rotatable bonds is 3. The van der Waals surface area contributed by atoms with Gasteiger partial charge in [0.05, 0.1) is 12.7 Å². The summed E-state index contributed by atoms with van der Waals surface area (Å²) in [6.07, 6.45) is 7.58. The molecule has 5 heteroatoms. The number of allylic oxidation sites excluding steroid dienone is 3. The summed E-state index contributed by atoms with van der Waals surface area (Å²) in [5, 5.41) is 3.29. The van der Waals surface area contributed by atoms with E-state index in [0.29, 0.717) is 17.4 Å². The predicted octanol–water partition coefficient (Wildman–Crippen LogP) is 3.33. The topological polar surface area (TPSA) is 64.1 Å². The molecule has 0 spiro atoms. The summed E-state index contributed by atoms with van der Waals surface area (Å²) in [5.74, 6) is 0.452. The second-order valence-electron chi connectivity index (χ2n) is 6.56. The first kappa shape index (κ1) is 14.8. The van der Waals surface area contributed by atoms with Gasteiger partial charge in [-0.05, 0) is 29.9 Å². The fourth-order valence-corrected chi connectivity index (χ4v) is 3.25. The van der Waals surface area contributed by atoms with Crippen molar-refractivity contribution < 1.29 is 9.53 Å². The highest BCUT2D eigenvalue weighted by atomic mass is 16.5. The average molecular weight is 299 g/mol. The number of carbonyl (C=O) groups is 1. The molecule has 3 rings (SSSR count). The summed E-state index contributed by atoms with van der Waals surface area (Å²) in [7, 11) is 1.34. The number of esters is 1. The quantitative estimate of drug-likeness (QED) is 0.867. The molecule has 1 aromatic heterocycles. The third kappa shape index (κ3) is 2.40. The fourth-order valence-electron chi connectivity index (χ4n) is 3.25. The monoisotopic (exact) mass is 299 g/mol. The fraction of sp³-hybridized carbons (Fsp3) is 0.471. The lowest BCUT2D eigenvalue weighted by Crippen LogP contribution is -2.12. The largest absolute Gasteiger partial charge is 0.465 e. The van der Waals surface area contributed by atoms with Crippen LogP contribution in [-0.4, -0.2) is 23.0 Å². The summed E-state index contributed by atoms with van der Waals surface area (Å²) >= 11 is 0. The van der Waals surface area contributed by atoms with E-state index in [4.69, 9.17) is 0 Å². The van der Waals surface area contributed by atoms with Crippen LogP contribution < -0.4 is 5.32 Å². The highest BCUT2D eigenvalue weighted by molar-refractivity contribution is 5.88. The van der Waals surface area contributed by atoms with Crippen LogP contribution in [-0.2, 0) is 4.74 Å². The van der Waals surface area contributed by atoms with Gasteiger partial charge in [0.25, 0.3) is 0 Å². The van der Waals surface area contributed by atoms with Crippen molar-refractivity contribution in [3.63, 3.8) is 0 Å². The number of hydrogen-bond acceptors (Lipinski definition) is 5. The van der Waals surface area contributed by atoms with E-state index in [9.17, 15) is 4.79 Å². The standard InChI is InChI=1S/C17H21N3O2/c1-10-12-5-6-17(2,3)13(12)7-14(10)20-16-18-8-11(9-19-16)15(21)22-4/h7-10H,5-6H2,1-4H3,(H,18,19,20). The first-order valence-electron chi connectivity index (χ1n) is 7.55. The Labute approximate surface area is 130 Å². The number of ether oxygens (including phenoxy) is 1. The van der Waals surface area contributed by atoms with Crippen molar-refractivity contribution in [2.24, 2.45) is 11.3 Å². The van der Waals surface area contributed by atoms with Crippen molar-refractivity contribution in [2.45, 2.75) is 33.6 Å². The molecule has 0 amide bonds. The molecular formula is C17H21N3O2. The van der Waals surface area contributed by atoms with E-state index in [1.807, 2.05) is 0 Å². The maximum absolute atomic E-state index is 11.4. The van der Waals surface area contributed by atoms with Crippen LogP contribution in [0.4, 0.5) is 5.95 Å². The van der Waals surface area contributed by atoms with Crippen molar-refractivity contribution in [1.82, 2.24) is 9.97 Å². The van der Waals surface area contributed by atoms with Crippen LogP contribution in [0.1, 0.15) is 44.0 Å². The summed E-state index contributed by atoms with van der Waals surface area (Å²) in [6, 6.07) is 0. The van der Waals surface area contributed by atoms with Gasteiger partial charge in [-0.2, -0.15) is 0 Å². The third-order valence-electron chi connectivity index (χ3n) is 4.71. The summed E-state index contributed by atoms with van der Waals surface area (Å²) < 4.78 is 4.64. The van der Waals surface area contributed by atoms with Gasteiger partial charge in [-0.15, -0.1) is 0 Å². The number of methoxy groups -OCH3 is 1. The molecular weight excluding hydrogens is 278 g/mol. The van der Waals surface area contributed by atoms with Crippen LogP contribution in [0.15, 0.2) is 35.3 Å². The normalized spacial score (nSPS) is 22.4. The molecule has 1 unspecified atom stereocenters. The van der Waals surface area contributed by atoms with Crippen LogP contribution in [0.5, 0.6) is 0 Å². The van der Waals surface area contributed by atoms with Gasteiger partial charge in [0, 0.05) is 24.0 Å². The van der Waals surface area contributed by atoms with Gasteiger partial charge in [0.15, 0.2) is 0 Å². The smallest absolute Gasteiger partial charge is 0.341 e. The Bertz CT molecular complexity index is 672. The molecule has 1 N–H and O–H groups in total. The zero-order valence-corrected chi connectivity index (χ0v) is 13.4. The van der Waals surface area contributed by atoms with E-state index in [0.717, 1.165) is 12.1 Å². The van der Waals surface area contributed by atoms with E-state index in [2.05, 4.69) is 46.9 Å². The first-order chi connectivity index (χ1) is 10.4. The number of hydrogen-bond donors (Lipinski definition) is 1. The van der Waals surface area contributed by atoms with Gasteiger partial charge in [0.1, 0.15) is 0 Å². The number of nitrogens with zero attached hydrogens (tertiary/aromatic N) is 2. The maximum Gasteiger partial charge on any atom is 0.341 e. The molecule has 0 fully saturated rings. The minimum absolute atomic E-state index is 0.253. The summed E-state index contributed by atoms with van der Waals surface area (Å²) in [4.78, 5) is 19.8. The molecule has 1 heterocycles. The highest BCUT2D eigenvalue weighted by Gasteiger charge is 2.38. The number of nitrogens with one attached hydrogen (secondary N) is 1. The Kier molecular flexibility index (Phi) is 3.51. The summed E-state index contributed by atoms with van der Waals surface area (Å²) in [5.41, 5.74) is 4.71. The summed E-state index contributed by atoms with van der Waals surface area (Å²) in [6.45, 7) is 6.80. The Morgan fingerprint density at radius 1 is 1.36 bits per heavy atom. The molecule has 0 saturated carbocycles. The van der Waals surface area contributed by atoms with E-state index >= 15 is 0 Å². The van der Waals surface area contributed by atoms with Gasteiger partial charge in [-0.1, -0.05) is 26.3 Å². The molecule has 0 bridgehead atoms. The van der Waals surface area contributed by atoms with Gasteiger partial charge in [-0.25, -0.2) is 14.8 Å². The molecule has 2 aliphatic rings. The second-order valence-corrected chi connectivity index (χ2v) is 6.56. The second kappa shape index (κ2) is 5.23. The van der Waals surface area contributed by atoms with Gasteiger partial charge in [-0.3, -0.25) is 0 Å². The van der Waals surface area contributed by atoms with E-state index in [1.165, 1.54) is 37.1 Å². The minimum Gasteiger partial charge on any atom is -0.465 e. The molecule has 5 nitrogen and oxygen atoms in total. The SMILES string of the molecule is COC(=O)c1cnc(NC2=CC3=C(CCC3(C)C)C2C)nc1. The maximum atomic E-state index is 11.4. The van der Waals surface area contributed by atoms with Crippen molar-refractivity contribution >= 4 is 11.9 Å². The van der Waals surface area contributed by atoms with Crippen molar-refractivity contribution in [1.29, 1.82) is 0 Å². The molecule has 116 valence electrons. The minimum atomic E-state index is -0.428. The Hall–Kier alpha value is -2.17. The van der Waals surface area contributed by atoms with Crippen LogP contribution in [0.2, 0.25) is 0 Å². The molecule has 0 radical (unpaired) electrons. The van der Waals surface area contributed by atoms with Crippen LogP contribution in [0, 0.1) is 11.3 Å². The lowest BCUT2D eigenvalue weighted by atomic mass is 9.86. The molecule has 0 aromatic carbocycles. The van der Waals surface area contributed by atoms with Gasteiger partial charge in [0.2, 0.25) is 5.95 Å². The van der Waals surface area contributed by atoms with Crippen molar-refractivity contribution in [3.8, 4) is 0 Å². The van der Waals surface area contributed by atoms with Gasteiger partial charge >= 0.3 is 5.97 Å². The molecule has 2 aliphatic carbocycles. The number of aromatic nitrogens is 2. The molecule has 0 aliphatic heterocycles. The van der Waals surface area contributed by atoms with Crippen LogP contribution in [0.25, 0.3) is 0 Å². The Balaban J connectivity index is 1.76. The van der Waals surface area contributed by atoms with Crippen molar-refractivity contribution in [3.05, 3.63) is 40.9 Å². The van der Waals surface area contributed by atoms with E-state index in [1.54, 1.807) is 0 Å². The molecule has 0 saturated heterocycles. The predicted molar refractivity (Wildman–Crippen MR) is 84.3 cm³/mol. The van der Waals surface area contributed by atoms with Gasteiger partial charge < -0.3 is 10.1 Å². The molecule has 22 heavy (non-hydrogen) atoms. The number of anilines is 1. The zero-order valence-electron chi connectivity index (χ0n) is 13.4. The van der Waals surface area contributed by atoms with E-state index < -0.39 is 5.97 Å². The van der Waals surface area contributed by atoms with E-state index in [-0.39, 0.29) is 5.41 Å². The third-order valence-corrected chi connectivity index (χ3v) is 4.71.